The van der Waals surface area contributed by atoms with Crippen molar-refractivity contribution in [2.24, 2.45) is 0 Å². The molecule has 0 spiro atoms. The molecule has 0 N–H and O–H groups in total. The van der Waals surface area contributed by atoms with Crippen molar-refractivity contribution >= 4 is 29.4 Å². The molecule has 1 rings (SSSR count). The lowest BCUT2D eigenvalue weighted by molar-refractivity contribution is 0.355. The van der Waals surface area contributed by atoms with E-state index in [9.17, 15) is 0 Å². The van der Waals surface area contributed by atoms with Crippen LogP contribution in [0.1, 0.15) is 12.5 Å². The average molecular weight is 259 g/mol. The van der Waals surface area contributed by atoms with E-state index in [-0.39, 0.29) is 0 Å². The number of hydrogen-bond donors (Lipinski definition) is 0. The third kappa shape index (κ3) is 3.65. The molecule has 0 aliphatic heterocycles. The van der Waals surface area contributed by atoms with Gasteiger partial charge in [-0.25, -0.2) is 0 Å². The third-order valence-electron chi connectivity index (χ3n) is 1.97. The summed E-state index contributed by atoms with van der Waals surface area (Å²) in [4.78, 5) is 0. The summed E-state index contributed by atoms with van der Waals surface area (Å²) in [5.74, 6) is 2.39. The maximum absolute atomic E-state index is 6.04. The first-order valence-electron chi connectivity index (χ1n) is 4.93. The maximum Gasteiger partial charge on any atom is 0.161 e. The number of thioether (sulfide) groups is 1. The molecular weight excluding hydrogens is 244 g/mol. The second-order valence-corrected chi connectivity index (χ2v) is 4.93. The van der Waals surface area contributed by atoms with Crippen LogP contribution in [0.2, 0.25) is 0 Å². The molecule has 0 aromatic heterocycles. The van der Waals surface area contributed by atoms with Crippen molar-refractivity contribution in [2.75, 3.05) is 20.0 Å². The van der Waals surface area contributed by atoms with E-state index in [1.165, 1.54) is 0 Å². The van der Waals surface area contributed by atoms with E-state index in [4.69, 9.17) is 21.1 Å². The van der Waals surface area contributed by atoms with E-state index in [0.717, 1.165) is 21.4 Å². The van der Waals surface area contributed by atoms with E-state index in [1.807, 2.05) is 24.3 Å². The van der Waals surface area contributed by atoms with Gasteiger partial charge in [0.05, 0.1) is 18.6 Å². The smallest absolute Gasteiger partial charge is 0.161 e. The lowest BCUT2D eigenvalue weighted by Crippen LogP contribution is -1.90. The lowest BCUT2D eigenvalue weighted by atomic mass is 10.2. The first-order valence-corrected chi connectivity index (χ1v) is 6.29. The fourth-order valence-corrected chi connectivity index (χ4v) is 2.20. The van der Waals surface area contributed by atoms with Gasteiger partial charge in [-0.2, -0.15) is 0 Å². The molecule has 0 saturated heterocycles. The summed E-state index contributed by atoms with van der Waals surface area (Å²) in [5.41, 5.74) is 1.00. The van der Waals surface area contributed by atoms with Crippen molar-refractivity contribution < 1.29 is 9.47 Å². The molecule has 1 aromatic carbocycles. The third-order valence-corrected chi connectivity index (χ3v) is 3.09. The van der Waals surface area contributed by atoms with E-state index in [0.29, 0.717) is 5.75 Å². The van der Waals surface area contributed by atoms with Crippen LogP contribution in [0.3, 0.4) is 0 Å². The van der Waals surface area contributed by atoms with E-state index >= 15 is 0 Å². The van der Waals surface area contributed by atoms with Gasteiger partial charge in [0.1, 0.15) is 0 Å². The molecule has 0 radical (unpaired) electrons. The van der Waals surface area contributed by atoms with Gasteiger partial charge in [0, 0.05) is 0 Å². The summed E-state index contributed by atoms with van der Waals surface area (Å²) in [6, 6.07) is 5.71. The Morgan fingerprint density at radius 3 is 2.56 bits per heavy atom. The van der Waals surface area contributed by atoms with E-state index < -0.39 is 0 Å². The Morgan fingerprint density at radius 2 is 2.00 bits per heavy atom. The highest BCUT2D eigenvalue weighted by Crippen LogP contribution is 2.30. The molecule has 0 aliphatic carbocycles. The number of halogens is 1. The highest BCUT2D eigenvalue weighted by Gasteiger charge is 2.03. The van der Waals surface area contributed by atoms with Crippen LogP contribution in [0.15, 0.2) is 22.6 Å². The van der Waals surface area contributed by atoms with Crippen LogP contribution in [0.4, 0.5) is 0 Å². The first kappa shape index (κ1) is 13.3. The van der Waals surface area contributed by atoms with Gasteiger partial charge in [-0.3, -0.25) is 0 Å². The molecule has 16 heavy (non-hydrogen) atoms. The number of benzene rings is 1. The molecule has 0 unspecified atom stereocenters. The minimum absolute atomic E-state index is 0.710. The average Bonchev–Trinajstić information content (AvgIpc) is 2.29. The summed E-state index contributed by atoms with van der Waals surface area (Å²) in [6.45, 7) is 2.06. The molecule has 0 aliphatic rings. The number of ether oxygens (including phenoxy) is 2. The van der Waals surface area contributed by atoms with Crippen molar-refractivity contribution in [1.29, 1.82) is 0 Å². The molecule has 88 valence electrons. The monoisotopic (exact) mass is 258 g/mol. The predicted octanol–water partition coefficient (Wildman–Crippen LogP) is 3.99. The molecule has 4 heteroatoms. The number of hydrogen-bond acceptors (Lipinski definition) is 3. The fraction of sp³-hybridized carbons (Fsp3) is 0.333. The fourth-order valence-electron chi connectivity index (χ4n) is 1.25. The molecule has 0 fully saturated rings. The summed E-state index contributed by atoms with van der Waals surface area (Å²) in [5, 5.41) is 0. The Labute approximate surface area is 106 Å². The van der Waals surface area contributed by atoms with Gasteiger partial charge in [0.2, 0.25) is 0 Å². The zero-order chi connectivity index (χ0) is 12.0. The normalized spacial score (nSPS) is 11.4. The highest BCUT2D eigenvalue weighted by atomic mass is 35.5. The van der Waals surface area contributed by atoms with Gasteiger partial charge >= 0.3 is 0 Å². The van der Waals surface area contributed by atoms with Gasteiger partial charge < -0.3 is 9.47 Å². The van der Waals surface area contributed by atoms with Crippen LogP contribution in [0, 0.1) is 0 Å². The number of methoxy groups -OCH3 is 2. The van der Waals surface area contributed by atoms with Crippen LogP contribution in [0.25, 0.3) is 6.08 Å². The van der Waals surface area contributed by atoms with Gasteiger partial charge in [0.25, 0.3) is 0 Å². The van der Waals surface area contributed by atoms with Crippen LogP contribution in [0.5, 0.6) is 11.5 Å². The quantitative estimate of drug-likeness (QED) is 0.796. The minimum atomic E-state index is 0.710. The molecule has 0 heterocycles. The van der Waals surface area contributed by atoms with E-state index in [2.05, 4.69) is 6.92 Å². The zero-order valence-electron chi connectivity index (χ0n) is 9.62. The van der Waals surface area contributed by atoms with Gasteiger partial charge in [-0.1, -0.05) is 24.6 Å². The van der Waals surface area contributed by atoms with Crippen LogP contribution in [-0.4, -0.2) is 20.0 Å². The summed E-state index contributed by atoms with van der Waals surface area (Å²) >= 11 is 7.64. The topological polar surface area (TPSA) is 18.5 Å². The van der Waals surface area contributed by atoms with Crippen molar-refractivity contribution in [1.82, 2.24) is 0 Å². The molecule has 1 aromatic rings. The van der Waals surface area contributed by atoms with Crippen LogP contribution < -0.4 is 9.47 Å². The van der Waals surface area contributed by atoms with Crippen LogP contribution in [-0.2, 0) is 0 Å². The maximum atomic E-state index is 6.04. The standard InChI is InChI=1S/C12H15ClO2S/c1-4-16-12(13)8-9-5-6-10(14-2)11(7-9)15-3/h5-8H,4H2,1-3H3/b12-8-. The Hall–Kier alpha value is -0.800. The van der Waals surface area contributed by atoms with Crippen molar-refractivity contribution in [2.45, 2.75) is 6.92 Å². The Kier molecular flexibility index (Phi) is 5.56. The van der Waals surface area contributed by atoms with Gasteiger partial charge in [0.15, 0.2) is 11.5 Å². The lowest BCUT2D eigenvalue weighted by Gasteiger charge is -2.07. The second-order valence-electron chi connectivity index (χ2n) is 3.00. The molecule has 0 atom stereocenters. The molecule has 0 amide bonds. The largest absolute Gasteiger partial charge is 0.493 e. The van der Waals surface area contributed by atoms with Gasteiger partial charge in [-0.05, 0) is 29.5 Å². The van der Waals surface area contributed by atoms with Crippen molar-refractivity contribution in [3.05, 3.63) is 28.1 Å². The van der Waals surface area contributed by atoms with Crippen molar-refractivity contribution in [3.8, 4) is 11.5 Å². The first-order chi connectivity index (χ1) is 7.71. The molecule has 2 nitrogen and oxygen atoms in total. The Morgan fingerprint density at radius 1 is 1.31 bits per heavy atom. The Bertz CT molecular complexity index is 377. The number of rotatable bonds is 5. The predicted molar refractivity (Wildman–Crippen MR) is 71.5 cm³/mol. The van der Waals surface area contributed by atoms with Gasteiger partial charge in [-0.15, -0.1) is 11.8 Å². The molecule has 0 saturated carbocycles. The summed E-state index contributed by atoms with van der Waals surface area (Å²) in [6.07, 6.45) is 1.91. The second kappa shape index (κ2) is 6.71. The zero-order valence-corrected chi connectivity index (χ0v) is 11.2. The van der Waals surface area contributed by atoms with Crippen molar-refractivity contribution in [3.63, 3.8) is 0 Å². The molecular formula is C12H15ClO2S. The Balaban J connectivity index is 2.94. The summed E-state index contributed by atoms with van der Waals surface area (Å²) < 4.78 is 11.1. The molecule has 0 bridgehead atoms. The van der Waals surface area contributed by atoms with Crippen LogP contribution >= 0.6 is 23.4 Å². The minimum Gasteiger partial charge on any atom is -0.493 e. The van der Waals surface area contributed by atoms with E-state index in [1.54, 1.807) is 26.0 Å². The SMILES string of the molecule is CCS/C(Cl)=C\c1ccc(OC)c(OC)c1. The highest BCUT2D eigenvalue weighted by molar-refractivity contribution is 8.04. The summed E-state index contributed by atoms with van der Waals surface area (Å²) in [7, 11) is 3.24.